The van der Waals surface area contributed by atoms with Crippen molar-refractivity contribution in [3.8, 4) is 0 Å². The summed E-state index contributed by atoms with van der Waals surface area (Å²) in [5.41, 5.74) is 4.15. The van der Waals surface area contributed by atoms with Crippen LogP contribution in [0.1, 0.15) is 13.2 Å². The maximum Gasteiger partial charge on any atom is 0.330 e. The first kappa shape index (κ1) is 34.6. The maximum atomic E-state index is 12.7. The van der Waals surface area contributed by atoms with Crippen molar-refractivity contribution in [1.29, 1.82) is 0 Å². The first-order valence-electron chi connectivity index (χ1n) is 13.0. The summed E-state index contributed by atoms with van der Waals surface area (Å²) < 4.78 is 29.1. The second-order valence-electron chi connectivity index (χ2n) is 9.25. The van der Waals surface area contributed by atoms with Gasteiger partial charge in [-0.2, -0.15) is 0 Å². The van der Waals surface area contributed by atoms with Crippen LogP contribution in [0, 0.1) is 0 Å². The molecule has 1 fully saturated rings. The first-order valence-corrected chi connectivity index (χ1v) is 15.5. The number of hydrogen-bond acceptors (Lipinski definition) is 14. The Morgan fingerprint density at radius 2 is 1.77 bits per heavy atom. The lowest BCUT2D eigenvalue weighted by Gasteiger charge is -2.35. The van der Waals surface area contributed by atoms with Crippen molar-refractivity contribution in [2.24, 2.45) is 5.73 Å². The Morgan fingerprint density at radius 3 is 2.35 bits per heavy atom. The monoisotopic (exact) mass is 649 g/mol. The summed E-state index contributed by atoms with van der Waals surface area (Å²) in [5.74, 6) is -1.05. The molecule has 1 saturated heterocycles. The van der Waals surface area contributed by atoms with Gasteiger partial charge >= 0.3 is 5.69 Å². The third-order valence-corrected chi connectivity index (χ3v) is 8.69. The molecule has 7 N–H and O–H groups in total. The Kier molecular flexibility index (Phi) is 13.1. The van der Waals surface area contributed by atoms with Gasteiger partial charge in [-0.25, -0.2) is 4.79 Å². The molecule has 240 valence electrons. The van der Waals surface area contributed by atoms with E-state index in [0.29, 0.717) is 18.1 Å². The number of nitrogens with zero attached hydrogens (tertiary/aromatic N) is 1. The molecule has 3 rings (SSSR count). The number of carbonyl (C=O) groups excluding carboxylic acids is 3. The summed E-state index contributed by atoms with van der Waals surface area (Å²) in [5, 5.41) is 26.2. The zero-order valence-electron chi connectivity index (χ0n) is 23.5. The molecule has 0 aromatic carbocycles. The highest BCUT2D eigenvalue weighted by molar-refractivity contribution is 8.76. The predicted molar refractivity (Wildman–Crippen MR) is 152 cm³/mol. The Bertz CT molecular complexity index is 1280. The molecule has 2 aliphatic heterocycles. The van der Waals surface area contributed by atoms with E-state index < -0.39 is 72.2 Å². The molecule has 0 unspecified atom stereocenters. The van der Waals surface area contributed by atoms with Gasteiger partial charge in [0, 0.05) is 58.0 Å². The van der Waals surface area contributed by atoms with E-state index in [1.165, 1.54) is 48.9 Å². The Hall–Kier alpha value is -2.91. The fraction of sp³-hybridized carbons (Fsp3) is 0.625. The molecule has 1 aromatic rings. The van der Waals surface area contributed by atoms with Crippen LogP contribution in [0.3, 0.4) is 0 Å². The number of methoxy groups -OCH3 is 2. The molecule has 1 aromatic heterocycles. The Balaban J connectivity index is 1.67. The third-order valence-electron chi connectivity index (χ3n) is 6.29. The number of hydrogen-bond donors (Lipinski definition) is 6. The summed E-state index contributed by atoms with van der Waals surface area (Å²) in [6.45, 7) is 2.18. The lowest BCUT2D eigenvalue weighted by Crippen LogP contribution is -2.54. The van der Waals surface area contributed by atoms with Gasteiger partial charge in [0.05, 0.1) is 0 Å². The average Bonchev–Trinajstić information content (AvgIpc) is 3.32. The SMILES string of the molecule is CO[C@H]1[C@@H](OC)[C@H](n2ccc(=O)[nH]c2=O)O[C@@H]1[C@@H](O[C@@H]1OC(C(=O)NCCSSCCNC(C)=O)=C[C@@H](O)[C@H]1O)C(N)=O. The largest absolute Gasteiger partial charge is 0.456 e. The molecular weight excluding hydrogens is 614 g/mol. The average molecular weight is 650 g/mol. The molecule has 2 aliphatic rings. The second-order valence-corrected chi connectivity index (χ2v) is 12.0. The Labute approximate surface area is 253 Å². The number of carbonyl (C=O) groups is 3. The molecule has 3 heterocycles. The fourth-order valence-corrected chi connectivity index (χ4v) is 6.11. The van der Waals surface area contributed by atoms with Gasteiger partial charge in [-0.3, -0.25) is 28.7 Å². The number of rotatable bonds is 15. The minimum absolute atomic E-state index is 0.115. The number of nitrogens with one attached hydrogen (secondary N) is 3. The van der Waals surface area contributed by atoms with Crippen LogP contribution in [0.4, 0.5) is 0 Å². The molecular formula is C24H35N5O12S2. The third kappa shape index (κ3) is 9.05. The topological polar surface area (TPSA) is 243 Å². The van der Waals surface area contributed by atoms with Crippen LogP contribution in [-0.2, 0) is 38.1 Å². The van der Waals surface area contributed by atoms with E-state index in [0.717, 1.165) is 16.7 Å². The van der Waals surface area contributed by atoms with Crippen LogP contribution in [0.2, 0.25) is 0 Å². The van der Waals surface area contributed by atoms with E-state index in [1.54, 1.807) is 0 Å². The highest BCUT2D eigenvalue weighted by atomic mass is 33.1. The lowest BCUT2D eigenvalue weighted by atomic mass is 10.0. The number of aromatic amines is 1. The van der Waals surface area contributed by atoms with E-state index in [2.05, 4.69) is 15.6 Å². The number of aromatic nitrogens is 2. The number of ether oxygens (including phenoxy) is 5. The van der Waals surface area contributed by atoms with E-state index >= 15 is 0 Å². The maximum absolute atomic E-state index is 12.7. The minimum atomic E-state index is -1.74. The number of primary amides is 1. The van der Waals surface area contributed by atoms with Crippen molar-refractivity contribution in [3.63, 3.8) is 0 Å². The molecule has 17 nitrogen and oxygen atoms in total. The second kappa shape index (κ2) is 16.2. The molecule has 0 aliphatic carbocycles. The van der Waals surface area contributed by atoms with E-state index in [4.69, 9.17) is 29.4 Å². The number of aliphatic hydroxyl groups excluding tert-OH is 2. The van der Waals surface area contributed by atoms with Crippen molar-refractivity contribution < 1.29 is 48.3 Å². The van der Waals surface area contributed by atoms with Crippen LogP contribution in [0.5, 0.6) is 0 Å². The van der Waals surface area contributed by atoms with Gasteiger partial charge < -0.3 is 50.3 Å². The number of H-pyrrole nitrogens is 1. The van der Waals surface area contributed by atoms with Crippen LogP contribution in [0.25, 0.3) is 0 Å². The summed E-state index contributed by atoms with van der Waals surface area (Å²) in [7, 11) is 5.60. The van der Waals surface area contributed by atoms with Gasteiger partial charge in [0.15, 0.2) is 18.1 Å². The number of nitrogens with two attached hydrogens (primary N) is 1. The van der Waals surface area contributed by atoms with Crippen molar-refractivity contribution >= 4 is 39.3 Å². The van der Waals surface area contributed by atoms with Gasteiger partial charge in [-0.15, -0.1) is 0 Å². The van der Waals surface area contributed by atoms with Crippen LogP contribution in [-0.4, -0.2) is 119 Å². The van der Waals surface area contributed by atoms with Crippen LogP contribution < -0.4 is 27.6 Å². The quantitative estimate of drug-likeness (QED) is 0.0816. The zero-order chi connectivity index (χ0) is 31.7. The minimum Gasteiger partial charge on any atom is -0.456 e. The number of amides is 3. The highest BCUT2D eigenvalue weighted by Crippen LogP contribution is 2.35. The van der Waals surface area contributed by atoms with Crippen molar-refractivity contribution in [1.82, 2.24) is 20.2 Å². The van der Waals surface area contributed by atoms with Gasteiger partial charge in [0.1, 0.15) is 30.5 Å². The molecule has 0 saturated carbocycles. The summed E-state index contributed by atoms with van der Waals surface area (Å²) in [6, 6.07) is 1.09. The molecule has 43 heavy (non-hydrogen) atoms. The van der Waals surface area contributed by atoms with Crippen molar-refractivity contribution in [2.75, 3.05) is 38.8 Å². The van der Waals surface area contributed by atoms with Crippen molar-refractivity contribution in [2.45, 2.75) is 56.1 Å². The summed E-state index contributed by atoms with van der Waals surface area (Å²) >= 11 is 0. The fourth-order valence-electron chi connectivity index (χ4n) is 4.30. The van der Waals surface area contributed by atoms with Gasteiger partial charge in [0.2, 0.25) is 18.1 Å². The van der Waals surface area contributed by atoms with Crippen molar-refractivity contribution in [3.05, 3.63) is 44.9 Å². The molecule has 19 heteroatoms. The molecule has 8 atom stereocenters. The van der Waals surface area contributed by atoms with Crippen LogP contribution in [0.15, 0.2) is 33.7 Å². The highest BCUT2D eigenvalue weighted by Gasteiger charge is 2.53. The standard InChI is InChI=1S/C24H35N5O12S2/c1-11(30)26-5-8-42-43-9-6-27-21(35)13-10-12(31)15(33)23(39-13)41-18(20(25)34)17-16(37-2)19(38-3)22(40-17)29-7-4-14(32)28-24(29)36/h4,7,10,12,15-19,22-23,31,33H,5-6,8-9H2,1-3H3,(H2,25,34)(H,26,30)(H,27,35)(H,28,32,36)/t12-,15-,16-,17+,18-,19-,22-,23+/m1/s1. The normalized spacial score (nSPS) is 27.6. The van der Waals surface area contributed by atoms with E-state index in [9.17, 15) is 34.2 Å². The summed E-state index contributed by atoms with van der Waals surface area (Å²) in [4.78, 5) is 62.2. The first-order chi connectivity index (χ1) is 20.5. The number of aliphatic hydroxyl groups is 2. The zero-order valence-corrected chi connectivity index (χ0v) is 25.1. The Morgan fingerprint density at radius 1 is 1.12 bits per heavy atom. The van der Waals surface area contributed by atoms with Gasteiger partial charge in [-0.05, 0) is 6.08 Å². The van der Waals surface area contributed by atoms with E-state index in [-0.39, 0.29) is 18.2 Å². The van der Waals surface area contributed by atoms with Gasteiger partial charge in [-0.1, -0.05) is 21.6 Å². The molecule has 0 bridgehead atoms. The molecule has 3 amide bonds. The lowest BCUT2D eigenvalue weighted by molar-refractivity contribution is -0.241. The predicted octanol–water partition coefficient (Wildman–Crippen LogP) is -3.07. The van der Waals surface area contributed by atoms with Gasteiger partial charge in [0.25, 0.3) is 11.5 Å². The van der Waals surface area contributed by atoms with E-state index in [1.807, 2.05) is 0 Å². The molecule has 0 radical (unpaired) electrons. The summed E-state index contributed by atoms with van der Waals surface area (Å²) in [6.07, 6.45) is -9.15. The smallest absolute Gasteiger partial charge is 0.330 e. The molecule has 0 spiro atoms. The van der Waals surface area contributed by atoms with Crippen LogP contribution >= 0.6 is 21.6 Å².